The fraction of sp³-hybridized carbons (Fsp3) is 0.286. The number of ketones is 1. The number of ether oxygens (including phenoxy) is 3. The van der Waals surface area contributed by atoms with Gasteiger partial charge in [-0.15, -0.1) is 0 Å². The van der Waals surface area contributed by atoms with Gasteiger partial charge in [-0.2, -0.15) is 0 Å². The monoisotopic (exact) mass is 371 g/mol. The van der Waals surface area contributed by atoms with Crippen LogP contribution in [0.25, 0.3) is 6.08 Å². The summed E-state index contributed by atoms with van der Waals surface area (Å²) in [5.41, 5.74) is 2.22. The molecule has 1 N–H and O–H groups in total. The third-order valence-electron chi connectivity index (χ3n) is 4.16. The molecule has 2 aromatic rings. The number of hydrogen-bond acceptors (Lipinski definition) is 6. The van der Waals surface area contributed by atoms with Crippen LogP contribution in [-0.2, 0) is 0 Å². The average molecular weight is 371 g/mol. The third-order valence-corrected chi connectivity index (χ3v) is 4.16. The molecule has 0 spiro atoms. The largest absolute Gasteiger partial charge is 0.496 e. The molecule has 0 aliphatic rings. The highest BCUT2D eigenvalue weighted by Gasteiger charge is 2.18. The van der Waals surface area contributed by atoms with Gasteiger partial charge in [-0.1, -0.05) is 18.2 Å². The first-order chi connectivity index (χ1) is 13.0. The van der Waals surface area contributed by atoms with Gasteiger partial charge in [0.1, 0.15) is 22.8 Å². The third kappa shape index (κ3) is 5.01. The normalized spacial score (nSPS) is 10.7. The minimum absolute atomic E-state index is 0.0954. The summed E-state index contributed by atoms with van der Waals surface area (Å²) in [4.78, 5) is 14.7. The molecule has 0 aliphatic heterocycles. The Morgan fingerprint density at radius 2 is 1.63 bits per heavy atom. The van der Waals surface area contributed by atoms with E-state index in [4.69, 9.17) is 19.3 Å². The first kappa shape index (κ1) is 20.3. The Morgan fingerprint density at radius 1 is 1.04 bits per heavy atom. The molecule has 0 fully saturated rings. The summed E-state index contributed by atoms with van der Waals surface area (Å²) < 4.78 is 15.9. The fourth-order valence-electron chi connectivity index (χ4n) is 2.62. The molecular weight excluding hydrogens is 346 g/mol. The Morgan fingerprint density at radius 3 is 2.11 bits per heavy atom. The van der Waals surface area contributed by atoms with E-state index in [2.05, 4.69) is 0 Å². The maximum Gasteiger partial charge on any atom is 0.193 e. The topological polar surface area (TPSA) is 68.2 Å². The summed E-state index contributed by atoms with van der Waals surface area (Å²) in [6.45, 7) is 0.656. The second-order valence-electron chi connectivity index (χ2n) is 5.84. The van der Waals surface area contributed by atoms with E-state index in [1.54, 1.807) is 18.2 Å². The number of benzene rings is 2. The van der Waals surface area contributed by atoms with Gasteiger partial charge in [0.05, 0.1) is 27.9 Å². The van der Waals surface area contributed by atoms with Crippen LogP contribution >= 0.6 is 0 Å². The molecule has 0 heterocycles. The zero-order chi connectivity index (χ0) is 19.8. The molecule has 0 aliphatic carbocycles. The number of aliphatic hydroxyl groups excluding tert-OH is 1. The van der Waals surface area contributed by atoms with E-state index in [0.29, 0.717) is 29.4 Å². The standard InChI is InChI=1S/C21H25NO5/c1-22(11-12-23)16-8-5-15(6-9-16)7-10-18(24)21-19(26-3)13-17(25-2)14-20(21)27-4/h5-10,13-14,23H,11-12H2,1-4H3/b10-7-. The van der Waals surface area contributed by atoms with Crippen LogP contribution < -0.4 is 19.1 Å². The Bertz CT molecular complexity index is 774. The molecule has 0 aromatic heterocycles. The highest BCUT2D eigenvalue weighted by molar-refractivity contribution is 6.10. The fourth-order valence-corrected chi connectivity index (χ4v) is 2.62. The molecule has 0 saturated carbocycles. The molecule has 2 aromatic carbocycles. The summed E-state index contributed by atoms with van der Waals surface area (Å²) in [6.07, 6.45) is 3.22. The second-order valence-corrected chi connectivity index (χ2v) is 5.84. The summed E-state index contributed by atoms with van der Waals surface area (Å²) in [5, 5.41) is 9.01. The summed E-state index contributed by atoms with van der Waals surface area (Å²) >= 11 is 0. The van der Waals surface area contributed by atoms with Crippen molar-refractivity contribution in [3.8, 4) is 17.2 Å². The van der Waals surface area contributed by atoms with Crippen molar-refractivity contribution >= 4 is 17.5 Å². The van der Waals surface area contributed by atoms with Gasteiger partial charge in [-0.25, -0.2) is 0 Å². The molecule has 0 unspecified atom stereocenters. The Balaban J connectivity index is 2.24. The van der Waals surface area contributed by atoms with Crippen LogP contribution in [0.2, 0.25) is 0 Å². The lowest BCUT2D eigenvalue weighted by Crippen LogP contribution is -2.20. The van der Waals surface area contributed by atoms with E-state index in [1.807, 2.05) is 36.2 Å². The van der Waals surface area contributed by atoms with Gasteiger partial charge in [0, 0.05) is 31.4 Å². The number of anilines is 1. The van der Waals surface area contributed by atoms with Crippen LogP contribution in [0.15, 0.2) is 42.5 Å². The van der Waals surface area contributed by atoms with E-state index in [-0.39, 0.29) is 12.4 Å². The van der Waals surface area contributed by atoms with Gasteiger partial charge in [0.2, 0.25) is 0 Å². The van der Waals surface area contributed by atoms with Gasteiger partial charge >= 0.3 is 0 Å². The molecule has 144 valence electrons. The number of rotatable bonds is 9. The number of nitrogens with zero attached hydrogens (tertiary/aromatic N) is 1. The van der Waals surface area contributed by atoms with Crippen molar-refractivity contribution in [3.05, 3.63) is 53.6 Å². The average Bonchev–Trinajstić information content (AvgIpc) is 2.71. The Hall–Kier alpha value is -2.99. The quantitative estimate of drug-likeness (QED) is 0.540. The molecular formula is C21H25NO5. The first-order valence-corrected chi connectivity index (χ1v) is 8.48. The Kier molecular flexibility index (Phi) is 7.25. The van der Waals surface area contributed by atoms with Gasteiger partial charge in [0.15, 0.2) is 5.78 Å². The van der Waals surface area contributed by atoms with E-state index in [9.17, 15) is 4.79 Å². The predicted molar refractivity (Wildman–Crippen MR) is 106 cm³/mol. The van der Waals surface area contributed by atoms with E-state index in [0.717, 1.165) is 11.3 Å². The molecule has 0 saturated heterocycles. The number of allylic oxidation sites excluding steroid dienone is 1. The zero-order valence-corrected chi connectivity index (χ0v) is 16.1. The first-order valence-electron chi connectivity index (χ1n) is 8.48. The van der Waals surface area contributed by atoms with Crippen molar-refractivity contribution < 1.29 is 24.1 Å². The van der Waals surface area contributed by atoms with Crippen molar-refractivity contribution in [1.82, 2.24) is 0 Å². The van der Waals surface area contributed by atoms with E-state index < -0.39 is 0 Å². The molecule has 2 rings (SSSR count). The molecule has 6 heteroatoms. The smallest absolute Gasteiger partial charge is 0.193 e. The van der Waals surface area contributed by atoms with Gasteiger partial charge in [-0.05, 0) is 23.8 Å². The number of likely N-dealkylation sites (N-methyl/N-ethyl adjacent to an activating group) is 1. The van der Waals surface area contributed by atoms with Gasteiger partial charge in [-0.3, -0.25) is 4.79 Å². The lowest BCUT2D eigenvalue weighted by Gasteiger charge is -2.17. The minimum Gasteiger partial charge on any atom is -0.496 e. The maximum absolute atomic E-state index is 12.7. The van der Waals surface area contributed by atoms with Crippen molar-refractivity contribution in [1.29, 1.82) is 0 Å². The van der Waals surface area contributed by atoms with Crippen LogP contribution in [0.1, 0.15) is 15.9 Å². The van der Waals surface area contributed by atoms with Crippen LogP contribution in [-0.4, -0.2) is 52.4 Å². The number of hydrogen-bond donors (Lipinski definition) is 1. The van der Waals surface area contributed by atoms with Gasteiger partial charge < -0.3 is 24.2 Å². The number of carbonyl (C=O) groups is 1. The van der Waals surface area contributed by atoms with Crippen LogP contribution in [0.4, 0.5) is 5.69 Å². The van der Waals surface area contributed by atoms with Crippen LogP contribution in [0.3, 0.4) is 0 Å². The lowest BCUT2D eigenvalue weighted by molar-refractivity contribution is 0.104. The molecule has 6 nitrogen and oxygen atoms in total. The zero-order valence-electron chi connectivity index (χ0n) is 16.1. The summed E-state index contributed by atoms with van der Waals surface area (Å²) in [6, 6.07) is 11.0. The number of aliphatic hydroxyl groups is 1. The van der Waals surface area contributed by atoms with Crippen LogP contribution in [0, 0.1) is 0 Å². The van der Waals surface area contributed by atoms with Crippen molar-refractivity contribution in [2.75, 3.05) is 46.4 Å². The highest BCUT2D eigenvalue weighted by Crippen LogP contribution is 2.34. The Labute approximate surface area is 159 Å². The summed E-state index contributed by atoms with van der Waals surface area (Å²) in [5.74, 6) is 1.10. The van der Waals surface area contributed by atoms with Crippen molar-refractivity contribution in [2.45, 2.75) is 0 Å². The second kappa shape index (κ2) is 9.64. The lowest BCUT2D eigenvalue weighted by atomic mass is 10.1. The summed E-state index contributed by atoms with van der Waals surface area (Å²) in [7, 11) is 6.44. The number of methoxy groups -OCH3 is 3. The molecule has 0 amide bonds. The van der Waals surface area contributed by atoms with Gasteiger partial charge in [0.25, 0.3) is 0 Å². The van der Waals surface area contributed by atoms with Crippen LogP contribution in [0.5, 0.6) is 17.2 Å². The molecule has 0 bridgehead atoms. The van der Waals surface area contributed by atoms with Crippen molar-refractivity contribution in [3.63, 3.8) is 0 Å². The molecule has 0 atom stereocenters. The molecule has 27 heavy (non-hydrogen) atoms. The predicted octanol–water partition coefficient (Wildman–Crippen LogP) is 3.04. The van der Waals surface area contributed by atoms with Crippen molar-refractivity contribution in [2.24, 2.45) is 0 Å². The highest BCUT2D eigenvalue weighted by atomic mass is 16.5. The van der Waals surface area contributed by atoms with E-state index in [1.165, 1.54) is 27.4 Å². The number of carbonyl (C=O) groups excluding carboxylic acids is 1. The maximum atomic E-state index is 12.7. The SMILES string of the molecule is COc1cc(OC)c(C(=O)/C=C\c2ccc(N(C)CCO)cc2)c(OC)c1. The molecule has 0 radical (unpaired) electrons. The minimum atomic E-state index is -0.229. The van der Waals surface area contributed by atoms with E-state index >= 15 is 0 Å².